The van der Waals surface area contributed by atoms with Crippen LogP contribution in [0.15, 0.2) is 17.0 Å². The molecule has 1 aliphatic rings. The lowest BCUT2D eigenvalue weighted by Crippen LogP contribution is -2.27. The van der Waals surface area contributed by atoms with Gasteiger partial charge in [0, 0.05) is 6.04 Å². The molecule has 5 nitrogen and oxygen atoms in total. The van der Waals surface area contributed by atoms with E-state index >= 15 is 0 Å². The summed E-state index contributed by atoms with van der Waals surface area (Å²) < 4.78 is 36.2. The summed E-state index contributed by atoms with van der Waals surface area (Å²) in [7, 11) is -4.11. The number of halogens is 2. The normalized spacial score (nSPS) is 21.1. The van der Waals surface area contributed by atoms with Gasteiger partial charge in [0.25, 0.3) is 5.91 Å². The Balaban J connectivity index is 2.23. The molecule has 1 aromatic carbocycles. The molecule has 2 rings (SSSR count). The van der Waals surface area contributed by atoms with Crippen molar-refractivity contribution in [1.29, 1.82) is 0 Å². The zero-order valence-electron chi connectivity index (χ0n) is 11.4. The van der Waals surface area contributed by atoms with E-state index in [0.29, 0.717) is 12.0 Å². The molecule has 1 amide bonds. The van der Waals surface area contributed by atoms with Gasteiger partial charge < -0.3 is 5.32 Å². The molecule has 3 N–H and O–H groups in total. The molecular formula is C13H16ClFN2O3S. The predicted octanol–water partition coefficient (Wildman–Crippen LogP) is 2.04. The van der Waals surface area contributed by atoms with Crippen LogP contribution in [0.4, 0.5) is 4.39 Å². The summed E-state index contributed by atoms with van der Waals surface area (Å²) in [6.45, 7) is 2.05. The molecule has 1 aromatic rings. The summed E-state index contributed by atoms with van der Waals surface area (Å²) >= 11 is 5.74. The second-order valence-corrected chi connectivity index (χ2v) is 7.12. The molecule has 2 unspecified atom stereocenters. The van der Waals surface area contributed by atoms with E-state index in [1.165, 1.54) is 0 Å². The van der Waals surface area contributed by atoms with Crippen molar-refractivity contribution in [3.8, 4) is 0 Å². The van der Waals surface area contributed by atoms with Crippen LogP contribution in [-0.2, 0) is 10.0 Å². The van der Waals surface area contributed by atoms with Gasteiger partial charge in [0.1, 0.15) is 5.82 Å². The fraction of sp³-hybridized carbons (Fsp3) is 0.462. The molecule has 0 aliphatic heterocycles. The molecule has 1 saturated carbocycles. The molecule has 0 heterocycles. The SMILES string of the molecule is CCCC1CC1NC(=O)c1cc(S(N)(=O)=O)cc(F)c1Cl. The zero-order valence-corrected chi connectivity index (χ0v) is 13.0. The number of sulfonamides is 1. The first-order valence-electron chi connectivity index (χ1n) is 6.56. The summed E-state index contributed by atoms with van der Waals surface area (Å²) in [5.41, 5.74) is -0.220. The highest BCUT2D eigenvalue weighted by Crippen LogP contribution is 2.35. The number of nitrogens with two attached hydrogens (primary N) is 1. The highest BCUT2D eigenvalue weighted by molar-refractivity contribution is 7.89. The van der Waals surface area contributed by atoms with Crippen LogP contribution in [0.1, 0.15) is 36.5 Å². The van der Waals surface area contributed by atoms with Crippen LogP contribution in [0.2, 0.25) is 5.02 Å². The number of carbonyl (C=O) groups excluding carboxylic acids is 1. The maximum absolute atomic E-state index is 13.6. The molecule has 0 spiro atoms. The Labute approximate surface area is 127 Å². The molecule has 0 aromatic heterocycles. The van der Waals surface area contributed by atoms with Crippen molar-refractivity contribution in [3.05, 3.63) is 28.5 Å². The van der Waals surface area contributed by atoms with Crippen molar-refractivity contribution in [3.63, 3.8) is 0 Å². The summed E-state index contributed by atoms with van der Waals surface area (Å²) in [4.78, 5) is 11.6. The van der Waals surface area contributed by atoms with Gasteiger partial charge in [0.15, 0.2) is 0 Å². The van der Waals surface area contributed by atoms with Gasteiger partial charge in [-0.3, -0.25) is 4.79 Å². The van der Waals surface area contributed by atoms with E-state index in [9.17, 15) is 17.6 Å². The minimum Gasteiger partial charge on any atom is -0.349 e. The van der Waals surface area contributed by atoms with Crippen molar-refractivity contribution in [2.75, 3.05) is 0 Å². The molecule has 1 aliphatic carbocycles. The third kappa shape index (κ3) is 3.72. The van der Waals surface area contributed by atoms with Gasteiger partial charge in [-0.05, 0) is 30.9 Å². The lowest BCUT2D eigenvalue weighted by molar-refractivity contribution is 0.0948. The Bertz CT molecular complexity index is 678. The first-order valence-corrected chi connectivity index (χ1v) is 8.49. The number of hydrogen-bond acceptors (Lipinski definition) is 3. The topological polar surface area (TPSA) is 89.3 Å². The number of rotatable bonds is 5. The second kappa shape index (κ2) is 5.90. The van der Waals surface area contributed by atoms with Crippen LogP contribution in [0, 0.1) is 11.7 Å². The molecule has 21 heavy (non-hydrogen) atoms. The highest BCUT2D eigenvalue weighted by atomic mass is 35.5. The Kier molecular flexibility index (Phi) is 4.55. The van der Waals surface area contributed by atoms with Crippen LogP contribution in [0.3, 0.4) is 0 Å². The van der Waals surface area contributed by atoms with Crippen molar-refractivity contribution in [1.82, 2.24) is 5.32 Å². The smallest absolute Gasteiger partial charge is 0.253 e. The Morgan fingerprint density at radius 3 is 2.76 bits per heavy atom. The molecule has 0 radical (unpaired) electrons. The third-order valence-electron chi connectivity index (χ3n) is 3.47. The van der Waals surface area contributed by atoms with Gasteiger partial charge in [-0.2, -0.15) is 0 Å². The lowest BCUT2D eigenvalue weighted by Gasteiger charge is -2.09. The average molecular weight is 335 g/mol. The van der Waals surface area contributed by atoms with Crippen LogP contribution in [0.5, 0.6) is 0 Å². The van der Waals surface area contributed by atoms with Gasteiger partial charge >= 0.3 is 0 Å². The van der Waals surface area contributed by atoms with E-state index in [1.54, 1.807) is 0 Å². The van der Waals surface area contributed by atoms with Crippen molar-refractivity contribution >= 4 is 27.5 Å². The van der Waals surface area contributed by atoms with Crippen LogP contribution >= 0.6 is 11.6 Å². The van der Waals surface area contributed by atoms with E-state index in [2.05, 4.69) is 12.2 Å². The largest absolute Gasteiger partial charge is 0.349 e. The zero-order chi connectivity index (χ0) is 15.8. The predicted molar refractivity (Wildman–Crippen MR) is 77.1 cm³/mol. The minimum absolute atomic E-state index is 0.0368. The Morgan fingerprint density at radius 2 is 2.19 bits per heavy atom. The van der Waals surface area contributed by atoms with E-state index in [-0.39, 0.29) is 11.6 Å². The Morgan fingerprint density at radius 1 is 1.52 bits per heavy atom. The molecular weight excluding hydrogens is 319 g/mol. The fourth-order valence-corrected chi connectivity index (χ4v) is 3.00. The minimum atomic E-state index is -4.11. The summed E-state index contributed by atoms with van der Waals surface area (Å²) in [6, 6.07) is 1.73. The maximum Gasteiger partial charge on any atom is 0.253 e. The molecule has 0 bridgehead atoms. The summed E-state index contributed by atoms with van der Waals surface area (Å²) in [6.07, 6.45) is 2.89. The third-order valence-corrected chi connectivity index (χ3v) is 4.75. The molecule has 0 saturated heterocycles. The Hall–Kier alpha value is -1.18. The van der Waals surface area contributed by atoms with Gasteiger partial charge in [0.2, 0.25) is 10.0 Å². The van der Waals surface area contributed by atoms with Crippen molar-refractivity contribution in [2.45, 2.75) is 37.1 Å². The standard InChI is InChI=1S/C13H16ClFN2O3S/c1-2-3-7-4-11(7)17-13(18)9-5-8(21(16,19)20)6-10(15)12(9)14/h5-7,11H,2-4H2,1H3,(H,17,18)(H2,16,19,20). The monoisotopic (exact) mass is 334 g/mol. The number of primary sulfonamides is 1. The van der Waals surface area contributed by atoms with Crippen LogP contribution < -0.4 is 10.5 Å². The number of hydrogen-bond donors (Lipinski definition) is 2. The van der Waals surface area contributed by atoms with Crippen LogP contribution in [-0.4, -0.2) is 20.4 Å². The van der Waals surface area contributed by atoms with Crippen molar-refractivity contribution in [2.24, 2.45) is 11.1 Å². The van der Waals surface area contributed by atoms with Gasteiger partial charge in [-0.25, -0.2) is 17.9 Å². The van der Waals surface area contributed by atoms with E-state index in [4.69, 9.17) is 16.7 Å². The highest BCUT2D eigenvalue weighted by Gasteiger charge is 2.37. The van der Waals surface area contributed by atoms with Crippen LogP contribution in [0.25, 0.3) is 0 Å². The number of benzene rings is 1. The van der Waals surface area contributed by atoms with Crippen molar-refractivity contribution < 1.29 is 17.6 Å². The second-order valence-electron chi connectivity index (χ2n) is 5.18. The first kappa shape index (κ1) is 16.2. The van der Waals surface area contributed by atoms with E-state index in [0.717, 1.165) is 25.3 Å². The lowest BCUT2D eigenvalue weighted by atomic mass is 10.2. The van der Waals surface area contributed by atoms with Gasteiger partial charge in [-0.15, -0.1) is 0 Å². The maximum atomic E-state index is 13.6. The number of amides is 1. The molecule has 1 fully saturated rings. The average Bonchev–Trinajstić information content (AvgIpc) is 3.09. The summed E-state index contributed by atoms with van der Waals surface area (Å²) in [5.74, 6) is -1.16. The quantitative estimate of drug-likeness (QED) is 0.863. The molecule has 2 atom stereocenters. The molecule has 116 valence electrons. The number of nitrogens with one attached hydrogen (secondary N) is 1. The van der Waals surface area contributed by atoms with E-state index in [1.807, 2.05) is 0 Å². The van der Waals surface area contributed by atoms with Gasteiger partial charge in [-0.1, -0.05) is 24.9 Å². The van der Waals surface area contributed by atoms with Gasteiger partial charge in [0.05, 0.1) is 15.5 Å². The first-order chi connectivity index (χ1) is 9.74. The molecule has 8 heteroatoms. The van der Waals surface area contributed by atoms with E-state index < -0.39 is 31.7 Å². The fourth-order valence-electron chi connectivity index (χ4n) is 2.25. The number of carbonyl (C=O) groups is 1. The summed E-state index contributed by atoms with van der Waals surface area (Å²) in [5, 5.41) is 7.27.